The van der Waals surface area contributed by atoms with Crippen molar-refractivity contribution in [3.8, 4) is 22.5 Å². The summed E-state index contributed by atoms with van der Waals surface area (Å²) >= 11 is 1.62. The highest BCUT2D eigenvalue weighted by Crippen LogP contribution is 2.38. The van der Waals surface area contributed by atoms with Crippen LogP contribution in [0, 0.1) is 3.83 Å². The zero-order chi connectivity index (χ0) is 15.7. The fraction of sp³-hybridized carbons (Fsp3) is 0.0625. The van der Waals surface area contributed by atoms with Crippen molar-refractivity contribution in [2.45, 2.75) is 6.30 Å². The van der Waals surface area contributed by atoms with Crippen LogP contribution in [0.2, 0.25) is 0 Å². The summed E-state index contributed by atoms with van der Waals surface area (Å²) in [6, 6.07) is 17.4. The predicted octanol–water partition coefficient (Wildman–Crippen LogP) is 5.30. The molecule has 6 heteroatoms. The average Bonchev–Trinajstić information content (AvgIpc) is 2.86. The molecule has 0 amide bonds. The van der Waals surface area contributed by atoms with E-state index in [1.165, 1.54) is 0 Å². The number of halogens is 4. The fourth-order valence-corrected chi connectivity index (χ4v) is 3.04. The molecule has 0 radical (unpaired) electrons. The van der Waals surface area contributed by atoms with Crippen molar-refractivity contribution in [3.05, 3.63) is 64.5 Å². The van der Waals surface area contributed by atoms with Crippen LogP contribution >= 0.6 is 22.6 Å². The topological polar surface area (TPSA) is 17.8 Å². The van der Waals surface area contributed by atoms with Crippen LogP contribution in [-0.4, -0.2) is 9.55 Å². The molecule has 0 spiro atoms. The Balaban J connectivity index is 2.33. The van der Waals surface area contributed by atoms with E-state index in [9.17, 15) is 13.2 Å². The van der Waals surface area contributed by atoms with Crippen molar-refractivity contribution in [1.82, 2.24) is 9.55 Å². The van der Waals surface area contributed by atoms with E-state index < -0.39 is 6.30 Å². The van der Waals surface area contributed by atoms with Crippen LogP contribution < -0.4 is 0 Å². The highest BCUT2D eigenvalue weighted by molar-refractivity contribution is 14.1. The Labute approximate surface area is 138 Å². The number of benzene rings is 2. The molecule has 1 aromatic heterocycles. The third kappa shape index (κ3) is 2.75. The van der Waals surface area contributed by atoms with Gasteiger partial charge in [0.2, 0.25) is 0 Å². The molecule has 3 aromatic rings. The van der Waals surface area contributed by atoms with E-state index in [2.05, 4.69) is 4.98 Å². The Morgan fingerprint density at radius 3 is 1.82 bits per heavy atom. The smallest absolute Gasteiger partial charge is 0.228 e. The minimum atomic E-state index is -4.53. The van der Waals surface area contributed by atoms with Gasteiger partial charge in [0, 0.05) is 33.7 Å². The summed E-state index contributed by atoms with van der Waals surface area (Å²) in [5.74, 6) is 0. The maximum atomic E-state index is 13.4. The van der Waals surface area contributed by atoms with Gasteiger partial charge < -0.3 is 0 Å². The Bertz CT molecular complexity index is 780. The first-order chi connectivity index (χ1) is 10.5. The summed E-state index contributed by atoms with van der Waals surface area (Å²) in [6.45, 7) is 0. The van der Waals surface area contributed by atoms with Crippen LogP contribution in [0.15, 0.2) is 60.7 Å². The number of hydrogen-bond acceptors (Lipinski definition) is 1. The van der Waals surface area contributed by atoms with E-state index in [0.717, 1.165) is 0 Å². The largest absolute Gasteiger partial charge is 0.491 e. The second-order valence-corrected chi connectivity index (χ2v) is 5.58. The van der Waals surface area contributed by atoms with E-state index in [1.54, 1.807) is 77.2 Å². The molecule has 112 valence electrons. The molecule has 0 bridgehead atoms. The van der Waals surface area contributed by atoms with Gasteiger partial charge in [-0.2, -0.15) is 0 Å². The minimum absolute atomic E-state index is 0.0590. The third-order valence-corrected chi connectivity index (χ3v) is 3.91. The first-order valence-corrected chi connectivity index (χ1v) is 7.52. The number of hydrogen-bond donors (Lipinski definition) is 0. The molecular weight excluding hydrogens is 404 g/mol. The number of alkyl halides is 3. The summed E-state index contributed by atoms with van der Waals surface area (Å²) < 4.78 is 40.5. The number of aromatic nitrogens is 2. The summed E-state index contributed by atoms with van der Waals surface area (Å²) in [6.07, 6.45) is -4.53. The van der Waals surface area contributed by atoms with Crippen LogP contribution in [0.25, 0.3) is 22.5 Å². The van der Waals surface area contributed by atoms with Gasteiger partial charge in [0.05, 0.1) is 11.4 Å². The first kappa shape index (κ1) is 15.1. The third-order valence-electron chi connectivity index (χ3n) is 3.18. The lowest BCUT2D eigenvalue weighted by Gasteiger charge is -2.14. The Kier molecular flexibility index (Phi) is 3.94. The summed E-state index contributed by atoms with van der Waals surface area (Å²) in [4.78, 5) is 4.15. The van der Waals surface area contributed by atoms with E-state index >= 15 is 0 Å². The second kappa shape index (κ2) is 5.75. The molecule has 0 unspecified atom stereocenters. The molecule has 22 heavy (non-hydrogen) atoms. The van der Waals surface area contributed by atoms with E-state index in [4.69, 9.17) is 0 Å². The highest BCUT2D eigenvalue weighted by atomic mass is 127. The molecule has 0 atom stereocenters. The molecule has 0 aliphatic heterocycles. The fourth-order valence-electron chi connectivity index (χ4n) is 2.28. The molecule has 0 fully saturated rings. The number of rotatable bonds is 2. The van der Waals surface area contributed by atoms with Gasteiger partial charge >= 0.3 is 6.30 Å². The van der Waals surface area contributed by atoms with Gasteiger partial charge in [-0.25, -0.2) is 9.55 Å². The molecule has 3 rings (SSSR count). The van der Waals surface area contributed by atoms with Crippen molar-refractivity contribution < 1.29 is 13.2 Å². The predicted molar refractivity (Wildman–Crippen MR) is 87.1 cm³/mol. The summed E-state index contributed by atoms with van der Waals surface area (Å²) in [7, 11) is 0. The summed E-state index contributed by atoms with van der Waals surface area (Å²) in [5, 5.41) is 0. The zero-order valence-electron chi connectivity index (χ0n) is 11.2. The number of imidazole rings is 1. The summed E-state index contributed by atoms with van der Waals surface area (Å²) in [5.41, 5.74) is 1.52. The molecule has 0 saturated heterocycles. The molecule has 0 N–H and O–H groups in total. The lowest BCUT2D eigenvalue weighted by Crippen LogP contribution is -2.19. The minimum Gasteiger partial charge on any atom is -0.228 e. The lowest BCUT2D eigenvalue weighted by molar-refractivity contribution is -0.204. The van der Waals surface area contributed by atoms with Crippen molar-refractivity contribution in [3.63, 3.8) is 0 Å². The van der Waals surface area contributed by atoms with Crippen molar-refractivity contribution in [1.29, 1.82) is 0 Å². The van der Waals surface area contributed by atoms with Gasteiger partial charge in [0.1, 0.15) is 0 Å². The standard InChI is InChI=1S/C16H10F3IN2/c17-16(18,19)22-14(12-9-5-2-6-10-12)13(21-15(22)20)11-7-3-1-4-8-11/h1-10H. The van der Waals surface area contributed by atoms with E-state index in [1.807, 2.05) is 6.07 Å². The molecule has 0 aliphatic rings. The maximum absolute atomic E-state index is 13.4. The molecule has 0 saturated carbocycles. The molecule has 1 heterocycles. The average molecular weight is 414 g/mol. The Morgan fingerprint density at radius 2 is 1.32 bits per heavy atom. The van der Waals surface area contributed by atoms with Gasteiger partial charge in [-0.3, -0.25) is 0 Å². The van der Waals surface area contributed by atoms with Crippen molar-refractivity contribution in [2.24, 2.45) is 0 Å². The van der Waals surface area contributed by atoms with Gasteiger partial charge in [-0.05, 0) is 0 Å². The van der Waals surface area contributed by atoms with Crippen molar-refractivity contribution >= 4 is 22.6 Å². The molecule has 0 aliphatic carbocycles. The van der Waals surface area contributed by atoms with Crippen LogP contribution in [0.4, 0.5) is 13.2 Å². The van der Waals surface area contributed by atoms with Gasteiger partial charge in [-0.15, -0.1) is 13.2 Å². The van der Waals surface area contributed by atoms with E-state index in [-0.39, 0.29) is 9.53 Å². The Hall–Kier alpha value is -1.83. The Morgan fingerprint density at radius 1 is 0.818 bits per heavy atom. The molecular formula is C16H10F3IN2. The quantitative estimate of drug-likeness (QED) is 0.521. The van der Waals surface area contributed by atoms with Crippen LogP contribution in [0.5, 0.6) is 0 Å². The monoisotopic (exact) mass is 414 g/mol. The van der Waals surface area contributed by atoms with Gasteiger partial charge in [0.15, 0.2) is 3.83 Å². The number of nitrogens with zero attached hydrogens (tertiary/aromatic N) is 2. The van der Waals surface area contributed by atoms with Gasteiger partial charge in [-0.1, -0.05) is 60.7 Å². The normalized spacial score (nSPS) is 11.6. The van der Waals surface area contributed by atoms with E-state index in [0.29, 0.717) is 21.4 Å². The van der Waals surface area contributed by atoms with Crippen LogP contribution in [-0.2, 0) is 6.30 Å². The van der Waals surface area contributed by atoms with Crippen LogP contribution in [0.1, 0.15) is 0 Å². The lowest BCUT2D eigenvalue weighted by atomic mass is 10.0. The van der Waals surface area contributed by atoms with Crippen molar-refractivity contribution in [2.75, 3.05) is 0 Å². The highest BCUT2D eigenvalue weighted by Gasteiger charge is 2.37. The molecule has 2 nitrogen and oxygen atoms in total. The molecule has 2 aromatic carbocycles. The van der Waals surface area contributed by atoms with Crippen LogP contribution in [0.3, 0.4) is 0 Å². The first-order valence-electron chi connectivity index (χ1n) is 6.45. The van der Waals surface area contributed by atoms with Gasteiger partial charge in [0.25, 0.3) is 0 Å². The second-order valence-electron chi connectivity index (χ2n) is 4.61. The maximum Gasteiger partial charge on any atom is 0.491 e. The SMILES string of the molecule is FC(F)(F)n1c(I)nc(-c2ccccc2)c1-c1ccccc1. The zero-order valence-corrected chi connectivity index (χ0v) is 13.3.